The van der Waals surface area contributed by atoms with E-state index in [1.165, 1.54) is 25.7 Å². The number of unbranched alkanes of at least 4 members (excludes halogenated alkanes) is 3. The Labute approximate surface area is 110 Å². The molecule has 0 heterocycles. The Morgan fingerprint density at radius 2 is 2.00 bits per heavy atom. The lowest BCUT2D eigenvalue weighted by Crippen LogP contribution is -2.19. The van der Waals surface area contributed by atoms with Crippen LogP contribution in [0.5, 0.6) is 0 Å². The molecule has 0 aliphatic rings. The van der Waals surface area contributed by atoms with Gasteiger partial charge in [-0.15, -0.1) is 0 Å². The van der Waals surface area contributed by atoms with Gasteiger partial charge in [0.25, 0.3) is 5.91 Å². The molecule has 1 amide bonds. The van der Waals surface area contributed by atoms with E-state index in [0.29, 0.717) is 0 Å². The summed E-state index contributed by atoms with van der Waals surface area (Å²) in [7, 11) is 1.66. The van der Waals surface area contributed by atoms with Crippen LogP contribution in [0.2, 0.25) is 0 Å². The number of anilines is 1. The van der Waals surface area contributed by atoms with Crippen molar-refractivity contribution in [3.05, 3.63) is 29.3 Å². The fraction of sp³-hybridized carbons (Fsp3) is 0.533. The minimum atomic E-state index is -0.0258. The van der Waals surface area contributed by atoms with E-state index in [-0.39, 0.29) is 5.91 Å². The first kappa shape index (κ1) is 14.6. The summed E-state index contributed by atoms with van der Waals surface area (Å²) in [5.41, 5.74) is 2.83. The first-order valence-corrected chi connectivity index (χ1v) is 6.76. The number of rotatable bonds is 7. The highest BCUT2D eigenvalue weighted by atomic mass is 16.1. The summed E-state index contributed by atoms with van der Waals surface area (Å²) in [6.45, 7) is 5.17. The van der Waals surface area contributed by atoms with Crippen LogP contribution in [0.3, 0.4) is 0 Å². The maximum absolute atomic E-state index is 11.7. The van der Waals surface area contributed by atoms with Crippen LogP contribution >= 0.6 is 0 Å². The average molecular weight is 248 g/mol. The zero-order valence-corrected chi connectivity index (χ0v) is 11.7. The molecule has 3 nitrogen and oxygen atoms in total. The van der Waals surface area contributed by atoms with E-state index >= 15 is 0 Å². The van der Waals surface area contributed by atoms with Gasteiger partial charge in [0.2, 0.25) is 0 Å². The van der Waals surface area contributed by atoms with E-state index in [1.807, 2.05) is 25.1 Å². The minimum Gasteiger partial charge on any atom is -0.385 e. The second kappa shape index (κ2) is 7.75. The standard InChI is InChI=1S/C15H24N2O/c1-4-5-6-7-11-17-14-10-8-9-13(12(14)2)15(18)16-3/h8-10,17H,4-7,11H2,1-3H3,(H,16,18). The Kier molecular flexibility index (Phi) is 6.26. The van der Waals surface area contributed by atoms with E-state index in [1.54, 1.807) is 7.05 Å². The third kappa shape index (κ3) is 4.06. The summed E-state index contributed by atoms with van der Waals surface area (Å²) in [6.07, 6.45) is 4.99. The summed E-state index contributed by atoms with van der Waals surface area (Å²) in [4.78, 5) is 11.7. The quantitative estimate of drug-likeness (QED) is 0.727. The SMILES string of the molecule is CCCCCCNc1cccc(C(=O)NC)c1C. The molecule has 0 spiro atoms. The minimum absolute atomic E-state index is 0.0258. The Morgan fingerprint density at radius 3 is 2.67 bits per heavy atom. The Balaban J connectivity index is 2.58. The van der Waals surface area contributed by atoms with Gasteiger partial charge in [0, 0.05) is 24.8 Å². The highest BCUT2D eigenvalue weighted by Crippen LogP contribution is 2.19. The highest BCUT2D eigenvalue weighted by molar-refractivity contribution is 5.96. The van der Waals surface area contributed by atoms with E-state index in [0.717, 1.165) is 23.4 Å². The zero-order chi connectivity index (χ0) is 13.4. The maximum atomic E-state index is 11.7. The van der Waals surface area contributed by atoms with Gasteiger partial charge in [0.1, 0.15) is 0 Å². The largest absolute Gasteiger partial charge is 0.385 e. The van der Waals surface area contributed by atoms with E-state index < -0.39 is 0 Å². The molecular weight excluding hydrogens is 224 g/mol. The summed E-state index contributed by atoms with van der Waals surface area (Å²) in [6, 6.07) is 5.81. The summed E-state index contributed by atoms with van der Waals surface area (Å²) in [5.74, 6) is -0.0258. The van der Waals surface area contributed by atoms with Crippen molar-refractivity contribution in [3.63, 3.8) is 0 Å². The van der Waals surface area contributed by atoms with Gasteiger partial charge < -0.3 is 10.6 Å². The van der Waals surface area contributed by atoms with Gasteiger partial charge in [0.15, 0.2) is 0 Å². The smallest absolute Gasteiger partial charge is 0.251 e. The number of nitrogens with one attached hydrogen (secondary N) is 2. The number of hydrogen-bond donors (Lipinski definition) is 2. The molecule has 3 heteroatoms. The van der Waals surface area contributed by atoms with Crippen molar-refractivity contribution in [2.75, 3.05) is 18.9 Å². The Bertz CT molecular complexity index is 388. The molecule has 2 N–H and O–H groups in total. The lowest BCUT2D eigenvalue weighted by atomic mass is 10.1. The molecule has 1 rings (SSSR count). The number of carbonyl (C=O) groups excluding carboxylic acids is 1. The molecule has 0 radical (unpaired) electrons. The first-order valence-electron chi connectivity index (χ1n) is 6.76. The molecule has 0 aliphatic heterocycles. The lowest BCUT2D eigenvalue weighted by molar-refractivity contribution is 0.0962. The number of hydrogen-bond acceptors (Lipinski definition) is 2. The molecule has 0 saturated carbocycles. The zero-order valence-electron chi connectivity index (χ0n) is 11.7. The van der Waals surface area contributed by atoms with E-state index in [9.17, 15) is 4.79 Å². The predicted octanol–water partition coefficient (Wildman–Crippen LogP) is 3.35. The van der Waals surface area contributed by atoms with Crippen molar-refractivity contribution in [3.8, 4) is 0 Å². The molecule has 0 aliphatic carbocycles. The molecule has 0 saturated heterocycles. The molecule has 0 atom stereocenters. The normalized spacial score (nSPS) is 10.2. The van der Waals surface area contributed by atoms with Gasteiger partial charge in [-0.05, 0) is 31.0 Å². The Hall–Kier alpha value is -1.51. The van der Waals surface area contributed by atoms with Crippen LogP contribution in [0.25, 0.3) is 0 Å². The molecule has 100 valence electrons. The second-order valence-corrected chi connectivity index (χ2v) is 4.54. The van der Waals surface area contributed by atoms with Gasteiger partial charge in [0.05, 0.1) is 0 Å². The van der Waals surface area contributed by atoms with E-state index in [2.05, 4.69) is 17.6 Å². The van der Waals surface area contributed by atoms with Crippen LogP contribution in [-0.4, -0.2) is 19.5 Å². The average Bonchev–Trinajstić information content (AvgIpc) is 2.39. The summed E-state index contributed by atoms with van der Waals surface area (Å²) < 4.78 is 0. The highest BCUT2D eigenvalue weighted by Gasteiger charge is 2.09. The van der Waals surface area contributed by atoms with Crippen molar-refractivity contribution in [1.82, 2.24) is 5.32 Å². The predicted molar refractivity (Wildman–Crippen MR) is 77.2 cm³/mol. The van der Waals surface area contributed by atoms with Crippen molar-refractivity contribution in [1.29, 1.82) is 0 Å². The van der Waals surface area contributed by atoms with Crippen molar-refractivity contribution >= 4 is 11.6 Å². The van der Waals surface area contributed by atoms with Crippen molar-refractivity contribution < 1.29 is 4.79 Å². The topological polar surface area (TPSA) is 41.1 Å². The van der Waals surface area contributed by atoms with Crippen LogP contribution < -0.4 is 10.6 Å². The molecule has 0 unspecified atom stereocenters. The fourth-order valence-electron chi connectivity index (χ4n) is 1.98. The van der Waals surface area contributed by atoms with Crippen LogP contribution in [0, 0.1) is 6.92 Å². The van der Waals surface area contributed by atoms with Gasteiger partial charge in [-0.3, -0.25) is 4.79 Å². The number of carbonyl (C=O) groups is 1. The molecule has 0 fully saturated rings. The van der Waals surface area contributed by atoms with Crippen LogP contribution in [-0.2, 0) is 0 Å². The Morgan fingerprint density at radius 1 is 1.22 bits per heavy atom. The molecular formula is C15H24N2O. The van der Waals surface area contributed by atoms with Crippen LogP contribution in [0.4, 0.5) is 5.69 Å². The fourth-order valence-corrected chi connectivity index (χ4v) is 1.98. The lowest BCUT2D eigenvalue weighted by Gasteiger charge is -2.12. The monoisotopic (exact) mass is 248 g/mol. The van der Waals surface area contributed by atoms with Crippen molar-refractivity contribution in [2.45, 2.75) is 39.5 Å². The molecule has 1 aromatic rings. The third-order valence-corrected chi connectivity index (χ3v) is 3.15. The summed E-state index contributed by atoms with van der Waals surface area (Å²) in [5, 5.41) is 6.08. The number of benzene rings is 1. The van der Waals surface area contributed by atoms with Gasteiger partial charge in [-0.25, -0.2) is 0 Å². The van der Waals surface area contributed by atoms with Crippen molar-refractivity contribution in [2.24, 2.45) is 0 Å². The second-order valence-electron chi connectivity index (χ2n) is 4.54. The molecule has 0 bridgehead atoms. The van der Waals surface area contributed by atoms with Crippen LogP contribution in [0.1, 0.15) is 48.5 Å². The third-order valence-electron chi connectivity index (χ3n) is 3.15. The van der Waals surface area contributed by atoms with Crippen LogP contribution in [0.15, 0.2) is 18.2 Å². The summed E-state index contributed by atoms with van der Waals surface area (Å²) >= 11 is 0. The molecule has 1 aromatic carbocycles. The van der Waals surface area contributed by atoms with E-state index in [4.69, 9.17) is 0 Å². The molecule has 18 heavy (non-hydrogen) atoms. The molecule has 0 aromatic heterocycles. The van der Waals surface area contributed by atoms with Gasteiger partial charge >= 0.3 is 0 Å². The first-order chi connectivity index (χ1) is 8.70. The number of amides is 1. The maximum Gasteiger partial charge on any atom is 0.251 e. The van der Waals surface area contributed by atoms with Gasteiger partial charge in [-0.2, -0.15) is 0 Å². The van der Waals surface area contributed by atoms with Gasteiger partial charge in [-0.1, -0.05) is 32.3 Å².